The molecule has 2 heterocycles. The van der Waals surface area contributed by atoms with E-state index in [0.29, 0.717) is 17.2 Å². The molecule has 2 amide bonds. The molecule has 0 unspecified atom stereocenters. The molecular formula is C20H23N5O2. The quantitative estimate of drug-likeness (QED) is 0.646. The largest absolute Gasteiger partial charge is 0.395 e. The van der Waals surface area contributed by atoms with Gasteiger partial charge in [0.05, 0.1) is 12.3 Å². The number of hydrogen-bond acceptors (Lipinski definition) is 4. The van der Waals surface area contributed by atoms with E-state index in [9.17, 15) is 9.90 Å². The van der Waals surface area contributed by atoms with Crippen LogP contribution in [-0.4, -0.2) is 32.5 Å². The van der Waals surface area contributed by atoms with Crippen molar-refractivity contribution in [2.24, 2.45) is 7.05 Å². The minimum absolute atomic E-state index is 0.0288. The van der Waals surface area contributed by atoms with Crippen LogP contribution in [0.3, 0.4) is 0 Å². The van der Waals surface area contributed by atoms with E-state index in [4.69, 9.17) is 0 Å². The Bertz CT molecular complexity index is 917. The summed E-state index contributed by atoms with van der Waals surface area (Å²) in [7, 11) is 1.75. The van der Waals surface area contributed by atoms with Crippen LogP contribution in [0.5, 0.6) is 0 Å². The van der Waals surface area contributed by atoms with E-state index in [1.54, 1.807) is 30.2 Å². The lowest BCUT2D eigenvalue weighted by Gasteiger charge is -2.17. The summed E-state index contributed by atoms with van der Waals surface area (Å²) >= 11 is 0. The number of nitrogens with zero attached hydrogens (tertiary/aromatic N) is 3. The van der Waals surface area contributed by atoms with Crippen molar-refractivity contribution in [3.8, 4) is 11.1 Å². The van der Waals surface area contributed by atoms with Gasteiger partial charge in [0, 0.05) is 36.6 Å². The number of aliphatic hydroxyl groups is 1. The van der Waals surface area contributed by atoms with Gasteiger partial charge in [0.25, 0.3) is 0 Å². The fourth-order valence-corrected chi connectivity index (χ4v) is 2.55. The number of urea groups is 1. The Kier molecular flexibility index (Phi) is 5.23. The van der Waals surface area contributed by atoms with Crippen molar-refractivity contribution in [2.45, 2.75) is 19.3 Å². The highest BCUT2D eigenvalue weighted by atomic mass is 16.3. The average Bonchev–Trinajstić information content (AvgIpc) is 3.04. The van der Waals surface area contributed by atoms with Crippen LogP contribution < -0.4 is 10.6 Å². The van der Waals surface area contributed by atoms with Crippen molar-refractivity contribution in [2.75, 3.05) is 17.2 Å². The number of anilines is 2. The monoisotopic (exact) mass is 365 g/mol. The Hall–Kier alpha value is -3.19. The number of amides is 2. The Morgan fingerprint density at radius 2 is 1.89 bits per heavy atom. The molecule has 140 valence electrons. The number of benzene rings is 1. The van der Waals surface area contributed by atoms with E-state index >= 15 is 0 Å². The summed E-state index contributed by atoms with van der Waals surface area (Å²) in [5.74, 6) is 0.552. The normalized spacial score (nSPS) is 11.3. The predicted octanol–water partition coefficient (Wildman–Crippen LogP) is 3.40. The number of rotatable bonds is 5. The van der Waals surface area contributed by atoms with Crippen LogP contribution in [0.25, 0.3) is 11.1 Å². The molecule has 0 radical (unpaired) electrons. The average molecular weight is 365 g/mol. The second-order valence-electron chi connectivity index (χ2n) is 6.98. The van der Waals surface area contributed by atoms with Gasteiger partial charge >= 0.3 is 6.03 Å². The second-order valence-corrected chi connectivity index (χ2v) is 6.98. The Morgan fingerprint density at radius 3 is 2.52 bits per heavy atom. The van der Waals surface area contributed by atoms with Gasteiger partial charge < -0.3 is 10.4 Å². The molecule has 0 bridgehead atoms. The highest BCUT2D eigenvalue weighted by Crippen LogP contribution is 2.24. The van der Waals surface area contributed by atoms with Gasteiger partial charge in [-0.15, -0.1) is 0 Å². The van der Waals surface area contributed by atoms with Gasteiger partial charge in [-0.1, -0.05) is 32.0 Å². The number of aliphatic hydroxyl groups excluding tert-OH is 1. The summed E-state index contributed by atoms with van der Waals surface area (Å²) in [6, 6.07) is 12.8. The number of nitrogens with one attached hydrogen (secondary N) is 2. The molecule has 0 atom stereocenters. The van der Waals surface area contributed by atoms with E-state index in [1.807, 2.05) is 50.2 Å². The zero-order valence-corrected chi connectivity index (χ0v) is 15.6. The molecule has 2 aromatic heterocycles. The first-order chi connectivity index (χ1) is 12.9. The van der Waals surface area contributed by atoms with Crippen molar-refractivity contribution >= 4 is 17.5 Å². The van der Waals surface area contributed by atoms with Crippen molar-refractivity contribution in [3.63, 3.8) is 0 Å². The molecule has 0 saturated heterocycles. The molecule has 7 heteroatoms. The minimum Gasteiger partial charge on any atom is -0.395 e. The van der Waals surface area contributed by atoms with Gasteiger partial charge in [-0.05, 0) is 29.3 Å². The zero-order valence-electron chi connectivity index (χ0n) is 15.6. The van der Waals surface area contributed by atoms with Crippen LogP contribution in [0, 0.1) is 0 Å². The molecule has 0 fully saturated rings. The molecule has 27 heavy (non-hydrogen) atoms. The van der Waals surface area contributed by atoms with E-state index in [1.165, 1.54) is 0 Å². The molecule has 0 aliphatic carbocycles. The van der Waals surface area contributed by atoms with Crippen molar-refractivity contribution in [1.82, 2.24) is 14.8 Å². The molecule has 3 aromatic rings. The number of carbonyl (C=O) groups is 1. The van der Waals surface area contributed by atoms with E-state index in [2.05, 4.69) is 20.7 Å². The summed E-state index contributed by atoms with van der Waals surface area (Å²) in [5, 5.41) is 19.4. The smallest absolute Gasteiger partial charge is 0.324 e. The first-order valence-corrected chi connectivity index (χ1v) is 8.63. The summed E-state index contributed by atoms with van der Waals surface area (Å²) in [6.45, 7) is 3.75. The van der Waals surface area contributed by atoms with Crippen LogP contribution in [0.2, 0.25) is 0 Å². The van der Waals surface area contributed by atoms with Crippen LogP contribution in [0.4, 0.5) is 16.3 Å². The zero-order chi connectivity index (χ0) is 19.4. The van der Waals surface area contributed by atoms with Gasteiger partial charge in [0.15, 0.2) is 0 Å². The third-order valence-electron chi connectivity index (χ3n) is 4.35. The topological polar surface area (TPSA) is 92.1 Å². The van der Waals surface area contributed by atoms with Gasteiger partial charge in [0.1, 0.15) is 5.82 Å². The summed E-state index contributed by atoms with van der Waals surface area (Å²) in [5.41, 5.74) is 2.96. The molecule has 0 aliphatic heterocycles. The fourth-order valence-electron chi connectivity index (χ4n) is 2.55. The third kappa shape index (κ3) is 4.32. The van der Waals surface area contributed by atoms with Gasteiger partial charge in [-0.25, -0.2) is 4.79 Å². The maximum Gasteiger partial charge on any atom is 0.324 e. The lowest BCUT2D eigenvalue weighted by atomic mass is 9.91. The number of aromatic nitrogens is 3. The molecule has 0 saturated carbocycles. The minimum atomic E-state index is -0.476. The van der Waals surface area contributed by atoms with E-state index in [0.717, 1.165) is 11.1 Å². The summed E-state index contributed by atoms with van der Waals surface area (Å²) in [6.07, 6.45) is 3.53. The Morgan fingerprint density at radius 1 is 1.15 bits per heavy atom. The number of aryl methyl sites for hydroxylation is 1. The first-order valence-electron chi connectivity index (χ1n) is 8.63. The first kappa shape index (κ1) is 18.6. The number of pyridine rings is 1. The maximum atomic E-state index is 12.3. The predicted molar refractivity (Wildman–Crippen MR) is 106 cm³/mol. The fraction of sp³-hybridized carbons (Fsp3) is 0.250. The standard InChI is InChI=1S/C20H23N5O2/c1-20(2,13-26)17-11-18(25(3)24-17)23-19(27)22-16-8-6-14(7-9-16)15-5-4-10-21-12-15/h4-12,26H,13H2,1-3H3,(H2,22,23,27). The van der Waals surface area contributed by atoms with E-state index < -0.39 is 5.41 Å². The van der Waals surface area contributed by atoms with Crippen LogP contribution in [0.15, 0.2) is 54.9 Å². The highest BCUT2D eigenvalue weighted by molar-refractivity contribution is 5.99. The molecule has 3 rings (SSSR count). The molecule has 3 N–H and O–H groups in total. The molecule has 0 aliphatic rings. The highest BCUT2D eigenvalue weighted by Gasteiger charge is 2.24. The van der Waals surface area contributed by atoms with Gasteiger partial charge in [-0.3, -0.25) is 15.0 Å². The Balaban J connectivity index is 1.66. The van der Waals surface area contributed by atoms with E-state index in [-0.39, 0.29) is 12.6 Å². The summed E-state index contributed by atoms with van der Waals surface area (Å²) < 4.78 is 1.58. The second kappa shape index (κ2) is 7.59. The Labute approximate surface area is 158 Å². The SMILES string of the molecule is Cn1nc(C(C)(C)CO)cc1NC(=O)Nc1ccc(-c2cccnc2)cc1. The van der Waals surface area contributed by atoms with Crippen LogP contribution in [0.1, 0.15) is 19.5 Å². The molecule has 7 nitrogen and oxygen atoms in total. The van der Waals surface area contributed by atoms with Gasteiger partial charge in [0.2, 0.25) is 0 Å². The van der Waals surface area contributed by atoms with Crippen LogP contribution in [-0.2, 0) is 12.5 Å². The van der Waals surface area contributed by atoms with Crippen molar-refractivity contribution in [1.29, 1.82) is 0 Å². The molecule has 0 spiro atoms. The summed E-state index contributed by atoms with van der Waals surface area (Å²) in [4.78, 5) is 16.4. The number of carbonyl (C=O) groups excluding carboxylic acids is 1. The van der Waals surface area contributed by atoms with Gasteiger partial charge in [-0.2, -0.15) is 5.10 Å². The third-order valence-corrected chi connectivity index (χ3v) is 4.35. The molecular weight excluding hydrogens is 342 g/mol. The maximum absolute atomic E-state index is 12.3. The van der Waals surface area contributed by atoms with Crippen molar-refractivity contribution in [3.05, 3.63) is 60.6 Å². The van der Waals surface area contributed by atoms with Crippen molar-refractivity contribution < 1.29 is 9.90 Å². The number of hydrogen-bond donors (Lipinski definition) is 3. The van der Waals surface area contributed by atoms with Crippen LogP contribution >= 0.6 is 0 Å². The molecule has 1 aromatic carbocycles. The lowest BCUT2D eigenvalue weighted by molar-refractivity contribution is 0.214. The lowest BCUT2D eigenvalue weighted by Crippen LogP contribution is -2.22.